The summed E-state index contributed by atoms with van der Waals surface area (Å²) in [5.41, 5.74) is 0. The molecule has 1 heterocycles. The number of terminal acetylenes is 1. The maximum absolute atomic E-state index is 10.9. The molecule has 1 aliphatic heterocycles. The van der Waals surface area contributed by atoms with Gasteiger partial charge in [0.15, 0.2) is 0 Å². The van der Waals surface area contributed by atoms with E-state index in [0.29, 0.717) is 26.1 Å². The Labute approximate surface area is 77.3 Å². The minimum atomic E-state index is -0.225. The highest BCUT2D eigenvalue weighted by atomic mass is 16.2. The number of amides is 2. The van der Waals surface area contributed by atoms with Crippen molar-refractivity contribution in [2.24, 2.45) is 0 Å². The lowest BCUT2D eigenvalue weighted by Crippen LogP contribution is -2.51. The van der Waals surface area contributed by atoms with E-state index in [4.69, 9.17) is 6.42 Å². The molecule has 1 fully saturated rings. The molecule has 0 atom stereocenters. The Morgan fingerprint density at radius 3 is 2.54 bits per heavy atom. The van der Waals surface area contributed by atoms with Gasteiger partial charge in [-0.3, -0.25) is 19.8 Å². The van der Waals surface area contributed by atoms with E-state index in [-0.39, 0.29) is 11.8 Å². The number of nitrogens with one attached hydrogen (secondary N) is 1. The van der Waals surface area contributed by atoms with Crippen molar-refractivity contribution in [3.05, 3.63) is 0 Å². The number of hydrogen-bond acceptors (Lipinski definition) is 3. The number of imide groups is 1. The van der Waals surface area contributed by atoms with Crippen LogP contribution < -0.4 is 5.32 Å². The molecule has 2 amide bonds. The smallest absolute Gasteiger partial charge is 0.240 e. The Bertz CT molecular complexity index is 239. The van der Waals surface area contributed by atoms with Crippen LogP contribution in [0.1, 0.15) is 12.8 Å². The van der Waals surface area contributed by atoms with Crippen LogP contribution in [0.15, 0.2) is 0 Å². The van der Waals surface area contributed by atoms with Gasteiger partial charge in [0, 0.05) is 13.0 Å². The first kappa shape index (κ1) is 9.75. The molecule has 70 valence electrons. The van der Waals surface area contributed by atoms with Crippen LogP contribution in [0.25, 0.3) is 0 Å². The van der Waals surface area contributed by atoms with E-state index in [1.165, 1.54) is 0 Å². The number of carbonyl (C=O) groups is 2. The lowest BCUT2D eigenvalue weighted by atomic mass is 10.2. The van der Waals surface area contributed by atoms with Gasteiger partial charge in [-0.25, -0.2) is 0 Å². The van der Waals surface area contributed by atoms with Gasteiger partial charge in [0.1, 0.15) is 0 Å². The van der Waals surface area contributed by atoms with Gasteiger partial charge in [0.05, 0.1) is 13.1 Å². The predicted molar refractivity (Wildman–Crippen MR) is 47.7 cm³/mol. The van der Waals surface area contributed by atoms with Crippen molar-refractivity contribution in [3.63, 3.8) is 0 Å². The van der Waals surface area contributed by atoms with E-state index in [2.05, 4.69) is 11.2 Å². The van der Waals surface area contributed by atoms with Gasteiger partial charge in [0.2, 0.25) is 11.8 Å². The van der Waals surface area contributed by atoms with Crippen molar-refractivity contribution < 1.29 is 9.59 Å². The van der Waals surface area contributed by atoms with Gasteiger partial charge in [0.25, 0.3) is 0 Å². The highest BCUT2D eigenvalue weighted by Gasteiger charge is 2.21. The third-order valence-corrected chi connectivity index (χ3v) is 1.81. The Morgan fingerprint density at radius 1 is 1.38 bits per heavy atom. The van der Waals surface area contributed by atoms with E-state index in [0.717, 1.165) is 6.42 Å². The molecule has 0 aromatic rings. The van der Waals surface area contributed by atoms with Crippen molar-refractivity contribution in [2.75, 3.05) is 19.6 Å². The molecule has 0 bridgehead atoms. The number of carbonyl (C=O) groups excluding carboxylic acids is 2. The average Bonchev–Trinajstić information content (AvgIpc) is 2.03. The minimum absolute atomic E-state index is 0.225. The van der Waals surface area contributed by atoms with Crippen molar-refractivity contribution in [1.29, 1.82) is 0 Å². The summed E-state index contributed by atoms with van der Waals surface area (Å²) in [5, 5.41) is 2.24. The highest BCUT2D eigenvalue weighted by Crippen LogP contribution is 1.97. The molecule has 1 aliphatic rings. The molecular weight excluding hydrogens is 168 g/mol. The molecule has 0 unspecified atom stereocenters. The van der Waals surface area contributed by atoms with Crippen molar-refractivity contribution in [3.8, 4) is 12.3 Å². The number of nitrogens with zero attached hydrogens (tertiary/aromatic N) is 1. The Balaban J connectivity index is 2.30. The summed E-state index contributed by atoms with van der Waals surface area (Å²) >= 11 is 0. The summed E-state index contributed by atoms with van der Waals surface area (Å²) < 4.78 is 0. The van der Waals surface area contributed by atoms with Crippen molar-refractivity contribution in [1.82, 2.24) is 10.2 Å². The molecule has 1 saturated heterocycles. The maximum atomic E-state index is 10.9. The second-order valence-corrected chi connectivity index (χ2v) is 2.99. The summed E-state index contributed by atoms with van der Waals surface area (Å²) in [5.74, 6) is 2.07. The summed E-state index contributed by atoms with van der Waals surface area (Å²) in [6.45, 7) is 1.32. The van der Waals surface area contributed by atoms with Crippen LogP contribution in [0, 0.1) is 12.3 Å². The molecule has 4 nitrogen and oxygen atoms in total. The summed E-state index contributed by atoms with van der Waals surface area (Å²) in [4.78, 5) is 23.6. The molecule has 1 N–H and O–H groups in total. The van der Waals surface area contributed by atoms with Crippen molar-refractivity contribution in [2.45, 2.75) is 12.8 Å². The van der Waals surface area contributed by atoms with E-state index >= 15 is 0 Å². The number of hydrogen-bond donors (Lipinski definition) is 1. The van der Waals surface area contributed by atoms with E-state index in [1.54, 1.807) is 4.90 Å². The first-order chi connectivity index (χ1) is 6.22. The van der Waals surface area contributed by atoms with Crippen LogP contribution in [-0.4, -0.2) is 36.3 Å². The normalized spacial score (nSPS) is 18.1. The summed E-state index contributed by atoms with van der Waals surface area (Å²) in [7, 11) is 0. The van der Waals surface area contributed by atoms with Gasteiger partial charge in [-0.15, -0.1) is 12.3 Å². The fourth-order valence-corrected chi connectivity index (χ4v) is 1.26. The van der Waals surface area contributed by atoms with Crippen LogP contribution in [0.2, 0.25) is 0 Å². The number of piperazine rings is 1. The lowest BCUT2D eigenvalue weighted by Gasteiger charge is -2.24. The fraction of sp³-hybridized carbons (Fsp3) is 0.556. The molecule has 0 aromatic carbocycles. The maximum Gasteiger partial charge on any atom is 0.240 e. The Hall–Kier alpha value is -1.34. The van der Waals surface area contributed by atoms with Crippen molar-refractivity contribution >= 4 is 11.8 Å². The average molecular weight is 180 g/mol. The standard InChI is InChI=1S/C9H12N2O2/c1-2-3-4-5-11-6-8(12)10-9(13)7-11/h1H,3-7H2,(H,10,12,13). The first-order valence-corrected chi connectivity index (χ1v) is 4.21. The second kappa shape index (κ2) is 4.63. The molecule has 13 heavy (non-hydrogen) atoms. The third kappa shape index (κ3) is 3.26. The summed E-state index contributed by atoms with van der Waals surface area (Å²) in [6.07, 6.45) is 6.60. The molecule has 1 rings (SSSR count). The van der Waals surface area contributed by atoms with Gasteiger partial charge in [-0.1, -0.05) is 0 Å². The molecule has 4 heteroatoms. The zero-order valence-electron chi connectivity index (χ0n) is 7.38. The van der Waals surface area contributed by atoms with E-state index in [1.807, 2.05) is 0 Å². The quantitative estimate of drug-likeness (QED) is 0.357. The number of unbranched alkanes of at least 4 members (excludes halogenated alkanes) is 1. The molecular formula is C9H12N2O2. The predicted octanol–water partition coefficient (Wildman–Crippen LogP) is -0.642. The summed E-state index contributed by atoms with van der Waals surface area (Å²) in [6, 6.07) is 0. The molecule has 0 aliphatic carbocycles. The second-order valence-electron chi connectivity index (χ2n) is 2.99. The van der Waals surface area contributed by atoms with Crippen LogP contribution >= 0.6 is 0 Å². The number of rotatable bonds is 3. The minimum Gasteiger partial charge on any atom is -0.294 e. The van der Waals surface area contributed by atoms with Crippen LogP contribution in [-0.2, 0) is 9.59 Å². The van der Waals surface area contributed by atoms with Gasteiger partial charge in [-0.2, -0.15) is 0 Å². The topological polar surface area (TPSA) is 49.4 Å². The highest BCUT2D eigenvalue weighted by molar-refractivity contribution is 5.99. The Kier molecular flexibility index (Phi) is 3.47. The van der Waals surface area contributed by atoms with Gasteiger partial charge >= 0.3 is 0 Å². The zero-order chi connectivity index (χ0) is 9.68. The van der Waals surface area contributed by atoms with Crippen LogP contribution in [0.4, 0.5) is 0 Å². The van der Waals surface area contributed by atoms with E-state index in [9.17, 15) is 9.59 Å². The van der Waals surface area contributed by atoms with Crippen LogP contribution in [0.5, 0.6) is 0 Å². The fourth-order valence-electron chi connectivity index (χ4n) is 1.26. The molecule has 0 spiro atoms. The van der Waals surface area contributed by atoms with E-state index < -0.39 is 0 Å². The zero-order valence-corrected chi connectivity index (χ0v) is 7.38. The van der Waals surface area contributed by atoms with Crippen LogP contribution in [0.3, 0.4) is 0 Å². The van der Waals surface area contributed by atoms with Gasteiger partial charge in [-0.05, 0) is 6.42 Å². The van der Waals surface area contributed by atoms with Gasteiger partial charge < -0.3 is 0 Å². The first-order valence-electron chi connectivity index (χ1n) is 4.21. The molecule has 0 saturated carbocycles. The monoisotopic (exact) mass is 180 g/mol. The molecule has 0 radical (unpaired) electrons. The SMILES string of the molecule is C#CCCCN1CC(=O)NC(=O)C1. The lowest BCUT2D eigenvalue weighted by molar-refractivity contribution is -0.136. The molecule has 0 aromatic heterocycles. The largest absolute Gasteiger partial charge is 0.294 e. The Morgan fingerprint density at radius 2 is 2.00 bits per heavy atom. The third-order valence-electron chi connectivity index (χ3n) is 1.81.